The Balaban J connectivity index is 2.27. The molecule has 5 heteroatoms. The van der Waals surface area contributed by atoms with Gasteiger partial charge in [-0.25, -0.2) is 0 Å². The summed E-state index contributed by atoms with van der Waals surface area (Å²) in [7, 11) is 0. The van der Waals surface area contributed by atoms with Crippen LogP contribution < -0.4 is 0 Å². The quantitative estimate of drug-likeness (QED) is 0.627. The molecule has 1 rings (SSSR count). The van der Waals surface area contributed by atoms with Crippen molar-refractivity contribution in [3.8, 4) is 0 Å². The van der Waals surface area contributed by atoms with Gasteiger partial charge in [0.2, 0.25) is 0 Å². The zero-order valence-corrected chi connectivity index (χ0v) is 9.18. The summed E-state index contributed by atoms with van der Waals surface area (Å²) in [6, 6.07) is 0. The summed E-state index contributed by atoms with van der Waals surface area (Å²) < 4.78 is 6.26. The van der Waals surface area contributed by atoms with E-state index in [1.165, 1.54) is 0 Å². The standard InChI is InChI=1S/C6H9IN2OS/c1-2-3-10-4-5-8-9-6(7)11-5/h2-4H2,1H3. The van der Waals surface area contributed by atoms with Crippen molar-refractivity contribution in [3.05, 3.63) is 8.02 Å². The van der Waals surface area contributed by atoms with Crippen LogP contribution >= 0.6 is 33.9 Å². The van der Waals surface area contributed by atoms with E-state index in [4.69, 9.17) is 4.74 Å². The lowest BCUT2D eigenvalue weighted by Gasteiger charge is -1.95. The molecular weight excluding hydrogens is 275 g/mol. The summed E-state index contributed by atoms with van der Waals surface area (Å²) in [5.41, 5.74) is 0. The Hall–Kier alpha value is 0.250. The van der Waals surface area contributed by atoms with Gasteiger partial charge in [-0.3, -0.25) is 0 Å². The largest absolute Gasteiger partial charge is 0.374 e. The molecule has 0 amide bonds. The number of halogens is 1. The van der Waals surface area contributed by atoms with Gasteiger partial charge in [0.05, 0.1) is 0 Å². The molecule has 0 aliphatic heterocycles. The molecule has 0 N–H and O–H groups in total. The van der Waals surface area contributed by atoms with Crippen molar-refractivity contribution in [2.24, 2.45) is 0 Å². The van der Waals surface area contributed by atoms with Crippen LogP contribution in [0, 0.1) is 3.01 Å². The Kier molecular flexibility index (Phi) is 4.24. The molecule has 0 bridgehead atoms. The molecule has 0 saturated heterocycles. The summed E-state index contributed by atoms with van der Waals surface area (Å²) in [4.78, 5) is 0. The maximum absolute atomic E-state index is 5.29. The lowest BCUT2D eigenvalue weighted by Crippen LogP contribution is -1.92. The number of aromatic nitrogens is 2. The van der Waals surface area contributed by atoms with Crippen LogP contribution in [-0.4, -0.2) is 16.8 Å². The molecular formula is C6H9IN2OS. The third kappa shape index (κ3) is 3.44. The van der Waals surface area contributed by atoms with Gasteiger partial charge < -0.3 is 4.74 Å². The zero-order chi connectivity index (χ0) is 8.10. The molecule has 62 valence electrons. The maximum Gasteiger partial charge on any atom is 0.178 e. The van der Waals surface area contributed by atoms with Gasteiger partial charge in [0.25, 0.3) is 0 Å². The van der Waals surface area contributed by atoms with E-state index in [1.807, 2.05) is 0 Å². The molecule has 0 spiro atoms. The number of hydrogen-bond donors (Lipinski definition) is 0. The van der Waals surface area contributed by atoms with E-state index in [0.29, 0.717) is 6.61 Å². The van der Waals surface area contributed by atoms with Crippen LogP contribution in [0.15, 0.2) is 0 Å². The third-order valence-corrected chi connectivity index (χ3v) is 2.58. The van der Waals surface area contributed by atoms with Crippen molar-refractivity contribution >= 4 is 33.9 Å². The van der Waals surface area contributed by atoms with Crippen LogP contribution in [0.4, 0.5) is 0 Å². The van der Waals surface area contributed by atoms with Crippen molar-refractivity contribution < 1.29 is 4.74 Å². The molecule has 0 atom stereocenters. The van der Waals surface area contributed by atoms with Gasteiger partial charge in [0, 0.05) is 6.61 Å². The molecule has 0 unspecified atom stereocenters. The molecule has 1 heterocycles. The molecule has 11 heavy (non-hydrogen) atoms. The molecule has 1 aromatic rings. The maximum atomic E-state index is 5.29. The first-order chi connectivity index (χ1) is 5.33. The Bertz CT molecular complexity index is 216. The second kappa shape index (κ2) is 5.00. The first kappa shape index (κ1) is 9.34. The lowest BCUT2D eigenvalue weighted by molar-refractivity contribution is 0.121. The van der Waals surface area contributed by atoms with Crippen LogP contribution in [-0.2, 0) is 11.3 Å². The van der Waals surface area contributed by atoms with Gasteiger partial charge in [-0.15, -0.1) is 10.2 Å². The minimum Gasteiger partial charge on any atom is -0.374 e. The monoisotopic (exact) mass is 284 g/mol. The van der Waals surface area contributed by atoms with Crippen LogP contribution in [0.5, 0.6) is 0 Å². The first-order valence-electron chi connectivity index (χ1n) is 3.38. The van der Waals surface area contributed by atoms with Crippen LogP contribution in [0.2, 0.25) is 0 Å². The summed E-state index contributed by atoms with van der Waals surface area (Å²) in [5, 5.41) is 8.76. The highest BCUT2D eigenvalue weighted by Gasteiger charge is 1.99. The van der Waals surface area contributed by atoms with E-state index in [9.17, 15) is 0 Å². The Labute approximate surface area is 83.3 Å². The second-order valence-electron chi connectivity index (χ2n) is 2.00. The van der Waals surface area contributed by atoms with Gasteiger partial charge in [0.15, 0.2) is 3.01 Å². The van der Waals surface area contributed by atoms with E-state index in [2.05, 4.69) is 39.7 Å². The van der Waals surface area contributed by atoms with Crippen molar-refractivity contribution in [1.29, 1.82) is 0 Å². The number of hydrogen-bond acceptors (Lipinski definition) is 4. The molecule has 1 aromatic heterocycles. The average Bonchev–Trinajstić information content (AvgIpc) is 2.37. The normalized spacial score (nSPS) is 10.4. The number of rotatable bonds is 4. The van der Waals surface area contributed by atoms with Gasteiger partial charge in [-0.1, -0.05) is 18.3 Å². The predicted octanol–water partition coefficient (Wildman–Crippen LogP) is 2.07. The van der Waals surface area contributed by atoms with E-state index in [1.54, 1.807) is 11.3 Å². The summed E-state index contributed by atoms with van der Waals surface area (Å²) in [5.74, 6) is 0. The van der Waals surface area contributed by atoms with Gasteiger partial charge in [-0.2, -0.15) is 0 Å². The fourth-order valence-electron chi connectivity index (χ4n) is 0.595. The zero-order valence-electron chi connectivity index (χ0n) is 6.21. The molecule has 0 aliphatic rings. The SMILES string of the molecule is CCCOCc1nnc(I)s1. The first-order valence-corrected chi connectivity index (χ1v) is 5.28. The fraction of sp³-hybridized carbons (Fsp3) is 0.667. The summed E-state index contributed by atoms with van der Waals surface area (Å²) >= 11 is 3.73. The van der Waals surface area contributed by atoms with Gasteiger partial charge in [0.1, 0.15) is 11.6 Å². The lowest BCUT2D eigenvalue weighted by atomic mass is 10.5. The summed E-state index contributed by atoms with van der Waals surface area (Å²) in [6.45, 7) is 3.49. The van der Waals surface area contributed by atoms with E-state index in [-0.39, 0.29) is 0 Å². The average molecular weight is 284 g/mol. The molecule has 0 aromatic carbocycles. The number of nitrogens with zero attached hydrogens (tertiary/aromatic N) is 2. The second-order valence-corrected chi connectivity index (χ2v) is 4.82. The topological polar surface area (TPSA) is 35.0 Å². The van der Waals surface area contributed by atoms with Crippen molar-refractivity contribution in [2.45, 2.75) is 20.0 Å². The number of ether oxygens (including phenoxy) is 1. The van der Waals surface area contributed by atoms with E-state index >= 15 is 0 Å². The minimum atomic E-state index is 0.606. The highest BCUT2D eigenvalue weighted by molar-refractivity contribution is 14.1. The predicted molar refractivity (Wildman–Crippen MR) is 52.6 cm³/mol. The van der Waals surface area contributed by atoms with Crippen LogP contribution in [0.25, 0.3) is 0 Å². The highest BCUT2D eigenvalue weighted by atomic mass is 127. The van der Waals surface area contributed by atoms with E-state index in [0.717, 1.165) is 21.0 Å². The Morgan fingerprint density at radius 3 is 2.91 bits per heavy atom. The molecule has 0 fully saturated rings. The Morgan fingerprint density at radius 2 is 2.36 bits per heavy atom. The van der Waals surface area contributed by atoms with Crippen LogP contribution in [0.1, 0.15) is 18.4 Å². The van der Waals surface area contributed by atoms with Gasteiger partial charge >= 0.3 is 0 Å². The fourth-order valence-corrected chi connectivity index (χ4v) is 1.97. The van der Waals surface area contributed by atoms with Crippen molar-refractivity contribution in [1.82, 2.24) is 10.2 Å². The van der Waals surface area contributed by atoms with E-state index < -0.39 is 0 Å². The highest BCUT2D eigenvalue weighted by Crippen LogP contribution is 2.12. The minimum absolute atomic E-state index is 0.606. The Morgan fingerprint density at radius 1 is 1.55 bits per heavy atom. The smallest absolute Gasteiger partial charge is 0.178 e. The summed E-state index contributed by atoms with van der Waals surface area (Å²) in [6.07, 6.45) is 1.05. The van der Waals surface area contributed by atoms with Crippen molar-refractivity contribution in [3.63, 3.8) is 0 Å². The molecule has 3 nitrogen and oxygen atoms in total. The molecule has 0 radical (unpaired) electrons. The third-order valence-electron chi connectivity index (χ3n) is 1.02. The van der Waals surface area contributed by atoms with Crippen LogP contribution in [0.3, 0.4) is 0 Å². The van der Waals surface area contributed by atoms with Gasteiger partial charge in [-0.05, 0) is 29.0 Å². The molecule has 0 saturated carbocycles. The molecule has 0 aliphatic carbocycles. The van der Waals surface area contributed by atoms with Crippen molar-refractivity contribution in [2.75, 3.05) is 6.61 Å².